The molecule has 0 spiro atoms. The molecule has 3 N–H and O–H groups in total. The van der Waals surface area contributed by atoms with Crippen LogP contribution in [0.1, 0.15) is 35.7 Å². The molecule has 27 heavy (non-hydrogen) atoms. The Hall–Kier alpha value is -1.67. The molecule has 0 aromatic heterocycles. The summed E-state index contributed by atoms with van der Waals surface area (Å²) in [6.45, 7) is 4.18. The number of hydrogen-bond acceptors (Lipinski definition) is 6. The molecular weight excluding hydrogens is 348 g/mol. The summed E-state index contributed by atoms with van der Waals surface area (Å²) < 4.78 is 16.8. The molecule has 0 bridgehead atoms. The molecule has 2 fully saturated rings. The first-order valence-electron chi connectivity index (χ1n) is 9.45. The van der Waals surface area contributed by atoms with E-state index >= 15 is 0 Å². The molecule has 0 radical (unpaired) electrons. The highest BCUT2D eigenvalue weighted by molar-refractivity contribution is 5.81. The van der Waals surface area contributed by atoms with Crippen molar-refractivity contribution in [1.29, 1.82) is 0 Å². The Kier molecular flexibility index (Phi) is 6.37. The van der Waals surface area contributed by atoms with E-state index in [1.807, 2.05) is 26.0 Å². The second-order valence-electron chi connectivity index (χ2n) is 7.40. The molecule has 1 aromatic rings. The SMILES string of the molecule is COC1CC2NC(c3cc(C)c(OCCO)c(C)c3)NC(=O)C2C(OC)C1. The van der Waals surface area contributed by atoms with Crippen molar-refractivity contribution < 1.29 is 24.1 Å². The predicted molar refractivity (Wildman–Crippen MR) is 101 cm³/mol. The maximum atomic E-state index is 12.8. The summed E-state index contributed by atoms with van der Waals surface area (Å²) in [5.74, 6) is 0.581. The van der Waals surface area contributed by atoms with Crippen LogP contribution in [0.2, 0.25) is 0 Å². The molecule has 3 rings (SSSR count). The van der Waals surface area contributed by atoms with Gasteiger partial charge in [-0.15, -0.1) is 0 Å². The van der Waals surface area contributed by atoms with E-state index in [2.05, 4.69) is 10.6 Å². The lowest BCUT2D eigenvalue weighted by Crippen LogP contribution is -2.63. The summed E-state index contributed by atoms with van der Waals surface area (Å²) in [6, 6.07) is 4.03. The van der Waals surface area contributed by atoms with Crippen molar-refractivity contribution in [2.24, 2.45) is 5.92 Å². The summed E-state index contributed by atoms with van der Waals surface area (Å²) >= 11 is 0. The van der Waals surface area contributed by atoms with Gasteiger partial charge in [0.2, 0.25) is 5.91 Å². The summed E-state index contributed by atoms with van der Waals surface area (Å²) in [5.41, 5.74) is 2.94. The van der Waals surface area contributed by atoms with Crippen molar-refractivity contribution >= 4 is 5.91 Å². The van der Waals surface area contributed by atoms with Crippen LogP contribution in [0, 0.1) is 19.8 Å². The maximum absolute atomic E-state index is 12.8. The average molecular weight is 378 g/mol. The number of nitrogens with one attached hydrogen (secondary N) is 2. The molecule has 1 aromatic carbocycles. The fourth-order valence-corrected chi connectivity index (χ4v) is 4.35. The van der Waals surface area contributed by atoms with Gasteiger partial charge in [0.05, 0.1) is 24.7 Å². The lowest BCUT2D eigenvalue weighted by Gasteiger charge is -2.45. The molecule has 1 aliphatic carbocycles. The molecule has 1 saturated carbocycles. The van der Waals surface area contributed by atoms with Crippen LogP contribution in [0.25, 0.3) is 0 Å². The topological polar surface area (TPSA) is 89.0 Å². The zero-order valence-corrected chi connectivity index (χ0v) is 16.5. The van der Waals surface area contributed by atoms with E-state index in [4.69, 9.17) is 19.3 Å². The Labute approximate surface area is 160 Å². The number of hydrogen-bond donors (Lipinski definition) is 3. The third-order valence-corrected chi connectivity index (χ3v) is 5.61. The van der Waals surface area contributed by atoms with Crippen molar-refractivity contribution in [2.75, 3.05) is 27.4 Å². The van der Waals surface area contributed by atoms with Crippen LogP contribution >= 0.6 is 0 Å². The van der Waals surface area contributed by atoms with Gasteiger partial charge in [-0.3, -0.25) is 10.1 Å². The highest BCUT2D eigenvalue weighted by atomic mass is 16.5. The normalized spacial score (nSPS) is 30.6. The lowest BCUT2D eigenvalue weighted by atomic mass is 9.78. The minimum absolute atomic E-state index is 0.00155. The van der Waals surface area contributed by atoms with Crippen LogP contribution in [0.15, 0.2) is 12.1 Å². The molecule has 150 valence electrons. The minimum Gasteiger partial charge on any atom is -0.491 e. The largest absolute Gasteiger partial charge is 0.491 e. The number of rotatable bonds is 6. The predicted octanol–water partition coefficient (Wildman–Crippen LogP) is 1.20. The molecule has 7 heteroatoms. The van der Waals surface area contributed by atoms with Gasteiger partial charge in [0, 0.05) is 26.7 Å². The van der Waals surface area contributed by atoms with Crippen LogP contribution in [0.4, 0.5) is 0 Å². The number of carbonyl (C=O) groups is 1. The highest BCUT2D eigenvalue weighted by Gasteiger charge is 2.46. The lowest BCUT2D eigenvalue weighted by molar-refractivity contribution is -0.142. The summed E-state index contributed by atoms with van der Waals surface area (Å²) in [7, 11) is 3.35. The van der Waals surface area contributed by atoms with Crippen molar-refractivity contribution in [2.45, 2.75) is 51.1 Å². The van der Waals surface area contributed by atoms with Gasteiger partial charge in [-0.05, 0) is 49.1 Å². The summed E-state index contributed by atoms with van der Waals surface area (Å²) in [5, 5.41) is 15.7. The fraction of sp³-hybridized carbons (Fsp3) is 0.650. The van der Waals surface area contributed by atoms with E-state index in [1.54, 1.807) is 14.2 Å². The zero-order valence-electron chi connectivity index (χ0n) is 16.5. The Morgan fingerprint density at radius 2 is 1.85 bits per heavy atom. The van der Waals surface area contributed by atoms with Gasteiger partial charge < -0.3 is 24.6 Å². The van der Waals surface area contributed by atoms with E-state index < -0.39 is 0 Å². The Morgan fingerprint density at radius 1 is 1.15 bits per heavy atom. The van der Waals surface area contributed by atoms with Gasteiger partial charge in [-0.2, -0.15) is 0 Å². The number of carbonyl (C=O) groups excluding carboxylic acids is 1. The number of aryl methyl sites for hydroxylation is 2. The van der Waals surface area contributed by atoms with Crippen LogP contribution in [0.3, 0.4) is 0 Å². The van der Waals surface area contributed by atoms with Crippen molar-refractivity contribution in [1.82, 2.24) is 10.6 Å². The quantitative estimate of drug-likeness (QED) is 0.689. The first-order valence-corrected chi connectivity index (χ1v) is 9.45. The first kappa shape index (κ1) is 20.1. The molecule has 7 nitrogen and oxygen atoms in total. The summed E-state index contributed by atoms with van der Waals surface area (Å²) in [4.78, 5) is 12.8. The van der Waals surface area contributed by atoms with E-state index in [9.17, 15) is 4.79 Å². The maximum Gasteiger partial charge on any atom is 0.228 e. The first-order chi connectivity index (χ1) is 13.0. The number of methoxy groups -OCH3 is 2. The zero-order chi connectivity index (χ0) is 19.6. The van der Waals surface area contributed by atoms with Crippen molar-refractivity contribution in [3.63, 3.8) is 0 Å². The van der Waals surface area contributed by atoms with Gasteiger partial charge >= 0.3 is 0 Å². The van der Waals surface area contributed by atoms with Gasteiger partial charge in [0.25, 0.3) is 0 Å². The second kappa shape index (κ2) is 8.56. The Bertz CT molecular complexity index is 657. The van der Waals surface area contributed by atoms with Crippen LogP contribution in [-0.4, -0.2) is 56.7 Å². The average Bonchev–Trinajstić information content (AvgIpc) is 2.66. The van der Waals surface area contributed by atoms with Crippen LogP contribution < -0.4 is 15.4 Å². The molecule has 5 atom stereocenters. The molecule has 1 aliphatic heterocycles. The van der Waals surface area contributed by atoms with Crippen molar-refractivity contribution in [3.05, 3.63) is 28.8 Å². The molecule has 1 amide bonds. The van der Waals surface area contributed by atoms with Gasteiger partial charge in [0.1, 0.15) is 18.5 Å². The van der Waals surface area contributed by atoms with Crippen molar-refractivity contribution in [3.8, 4) is 5.75 Å². The monoisotopic (exact) mass is 378 g/mol. The van der Waals surface area contributed by atoms with Gasteiger partial charge in [0.15, 0.2) is 0 Å². The standard InChI is InChI=1S/C20H30N2O5/c1-11-7-13(8-12(2)18(11)27-6-5-23)19-21-15-9-14(25-3)10-16(26-4)17(15)20(24)22-19/h7-8,14-17,19,21,23H,5-6,9-10H2,1-4H3,(H,22,24). The summed E-state index contributed by atoms with van der Waals surface area (Å²) in [6.07, 6.45) is 1.16. The smallest absolute Gasteiger partial charge is 0.228 e. The van der Waals surface area contributed by atoms with E-state index in [0.29, 0.717) is 0 Å². The second-order valence-corrected chi connectivity index (χ2v) is 7.40. The highest BCUT2D eigenvalue weighted by Crippen LogP contribution is 2.35. The molecular formula is C20H30N2O5. The minimum atomic E-state index is -0.267. The number of benzene rings is 1. The molecule has 1 saturated heterocycles. The van der Waals surface area contributed by atoms with E-state index in [1.165, 1.54) is 0 Å². The third kappa shape index (κ3) is 4.11. The number of ether oxygens (including phenoxy) is 3. The van der Waals surface area contributed by atoms with Gasteiger partial charge in [-0.25, -0.2) is 0 Å². The fourth-order valence-electron chi connectivity index (χ4n) is 4.35. The third-order valence-electron chi connectivity index (χ3n) is 5.61. The van der Waals surface area contributed by atoms with Crippen LogP contribution in [-0.2, 0) is 14.3 Å². The molecule has 2 aliphatic rings. The van der Waals surface area contributed by atoms with Crippen LogP contribution in [0.5, 0.6) is 5.75 Å². The Balaban J connectivity index is 1.82. The number of aliphatic hydroxyl groups excluding tert-OH is 1. The number of amides is 1. The molecule has 5 unspecified atom stereocenters. The Morgan fingerprint density at radius 3 is 2.44 bits per heavy atom. The van der Waals surface area contributed by atoms with Gasteiger partial charge in [-0.1, -0.05) is 0 Å². The van der Waals surface area contributed by atoms with E-state index in [-0.39, 0.29) is 49.5 Å². The number of aliphatic hydroxyl groups is 1. The van der Waals surface area contributed by atoms with E-state index in [0.717, 1.165) is 35.3 Å². The molecule has 1 heterocycles. The number of fused-ring (bicyclic) bond motifs is 1.